The second-order valence-electron chi connectivity index (χ2n) is 10.5. The van der Waals surface area contributed by atoms with Crippen LogP contribution in [0.4, 0.5) is 0 Å². The van der Waals surface area contributed by atoms with Crippen LogP contribution in [0.2, 0.25) is 0 Å². The van der Waals surface area contributed by atoms with Crippen LogP contribution in [0.15, 0.2) is 109 Å². The lowest BCUT2D eigenvalue weighted by Gasteiger charge is -2.48. The lowest BCUT2D eigenvalue weighted by Crippen LogP contribution is -2.59. The summed E-state index contributed by atoms with van der Waals surface area (Å²) >= 11 is 0. The van der Waals surface area contributed by atoms with E-state index in [4.69, 9.17) is 28.4 Å². The van der Waals surface area contributed by atoms with Gasteiger partial charge in [-0.1, -0.05) is 97.1 Å². The Kier molecular flexibility index (Phi) is 9.05. The normalized spacial score (nSPS) is 23.4. The Bertz CT molecular complexity index is 1360. The van der Waals surface area contributed by atoms with Gasteiger partial charge in [0.15, 0.2) is 0 Å². The minimum atomic E-state index is -0.407. The summed E-state index contributed by atoms with van der Waals surface area (Å²) < 4.78 is 38.3. The SMILES string of the molecule is COc1ccc2c(c1)COC1C(OCc3ccccc3)[C@@H](OCc3ccccc3)C(COCc3ccccc3)O[C@@H]21. The molecular weight excluding hydrogens is 516 g/mol. The predicted octanol–water partition coefficient (Wildman–Crippen LogP) is 6.42. The molecule has 0 N–H and O–H groups in total. The molecule has 41 heavy (non-hydrogen) atoms. The van der Waals surface area contributed by atoms with Gasteiger partial charge in [-0.15, -0.1) is 0 Å². The Balaban J connectivity index is 1.29. The van der Waals surface area contributed by atoms with Crippen LogP contribution in [-0.2, 0) is 50.1 Å². The molecule has 0 aromatic heterocycles. The molecule has 0 bridgehead atoms. The molecule has 2 aliphatic heterocycles. The molecule has 0 aliphatic carbocycles. The van der Waals surface area contributed by atoms with E-state index in [0.717, 1.165) is 33.6 Å². The van der Waals surface area contributed by atoms with Crippen molar-refractivity contribution >= 4 is 0 Å². The van der Waals surface area contributed by atoms with Crippen LogP contribution in [-0.4, -0.2) is 38.1 Å². The summed E-state index contributed by atoms with van der Waals surface area (Å²) in [6.45, 7) is 2.16. The number of methoxy groups -OCH3 is 1. The van der Waals surface area contributed by atoms with E-state index in [2.05, 4.69) is 42.5 Å². The number of ether oxygens (including phenoxy) is 6. The molecule has 6 nitrogen and oxygen atoms in total. The Labute approximate surface area is 241 Å². The summed E-state index contributed by atoms with van der Waals surface area (Å²) in [4.78, 5) is 0. The smallest absolute Gasteiger partial charge is 0.119 e. The topological polar surface area (TPSA) is 55.4 Å². The Hall–Kier alpha value is -3.52. The van der Waals surface area contributed by atoms with Crippen LogP contribution in [0, 0.1) is 0 Å². The quantitative estimate of drug-likeness (QED) is 0.214. The van der Waals surface area contributed by atoms with E-state index in [0.29, 0.717) is 33.0 Å². The third kappa shape index (κ3) is 6.70. The molecule has 0 spiro atoms. The summed E-state index contributed by atoms with van der Waals surface area (Å²) in [7, 11) is 1.67. The van der Waals surface area contributed by atoms with Crippen LogP contribution >= 0.6 is 0 Å². The molecule has 2 heterocycles. The van der Waals surface area contributed by atoms with Gasteiger partial charge in [0, 0.05) is 0 Å². The molecule has 1 saturated heterocycles. The molecule has 2 aliphatic rings. The maximum Gasteiger partial charge on any atom is 0.119 e. The third-order valence-electron chi connectivity index (χ3n) is 7.69. The minimum absolute atomic E-state index is 0.327. The van der Waals surface area contributed by atoms with Gasteiger partial charge in [0.25, 0.3) is 0 Å². The summed E-state index contributed by atoms with van der Waals surface area (Å²) in [5.41, 5.74) is 5.43. The summed E-state index contributed by atoms with van der Waals surface area (Å²) in [5.74, 6) is 0.797. The van der Waals surface area contributed by atoms with E-state index >= 15 is 0 Å². The van der Waals surface area contributed by atoms with Gasteiger partial charge in [-0.2, -0.15) is 0 Å². The standard InChI is InChI=1S/C35H36O6/c1-36-29-17-18-30-28(19-29)23-40-34-32(30)41-31(24-37-20-25-11-5-2-6-12-25)33(38-21-26-13-7-3-8-14-26)35(34)39-22-27-15-9-4-10-16-27/h2-19,31-35H,20-24H2,1H3/t31?,32-,33-,34?,35?/m0/s1. The molecule has 0 saturated carbocycles. The van der Waals surface area contributed by atoms with E-state index in [-0.39, 0.29) is 24.4 Å². The first-order chi connectivity index (χ1) is 20.3. The second kappa shape index (κ2) is 13.4. The van der Waals surface area contributed by atoms with Gasteiger partial charge >= 0.3 is 0 Å². The van der Waals surface area contributed by atoms with Crippen molar-refractivity contribution in [2.24, 2.45) is 0 Å². The van der Waals surface area contributed by atoms with Gasteiger partial charge in [-0.3, -0.25) is 0 Å². The highest BCUT2D eigenvalue weighted by Gasteiger charge is 2.50. The summed E-state index contributed by atoms with van der Waals surface area (Å²) in [6, 6.07) is 36.6. The molecule has 5 atom stereocenters. The van der Waals surface area contributed by atoms with Crippen LogP contribution in [0.5, 0.6) is 5.75 Å². The zero-order valence-electron chi connectivity index (χ0n) is 23.3. The molecule has 3 unspecified atom stereocenters. The fourth-order valence-electron chi connectivity index (χ4n) is 5.57. The molecule has 6 rings (SSSR count). The number of benzene rings is 4. The Morgan fingerprint density at radius 3 is 1.88 bits per heavy atom. The van der Waals surface area contributed by atoms with Crippen molar-refractivity contribution in [3.05, 3.63) is 137 Å². The van der Waals surface area contributed by atoms with Crippen molar-refractivity contribution in [1.29, 1.82) is 0 Å². The number of hydrogen-bond donors (Lipinski definition) is 0. The molecule has 0 radical (unpaired) electrons. The number of fused-ring (bicyclic) bond motifs is 3. The monoisotopic (exact) mass is 552 g/mol. The number of rotatable bonds is 11. The summed E-state index contributed by atoms with van der Waals surface area (Å²) in [6.07, 6.45) is -1.83. The molecule has 1 fully saturated rings. The first kappa shape index (κ1) is 27.6. The van der Waals surface area contributed by atoms with E-state index in [1.807, 2.05) is 66.7 Å². The van der Waals surface area contributed by atoms with E-state index in [1.165, 1.54) is 0 Å². The maximum atomic E-state index is 6.82. The van der Waals surface area contributed by atoms with Crippen LogP contribution in [0.1, 0.15) is 33.9 Å². The van der Waals surface area contributed by atoms with Crippen molar-refractivity contribution in [1.82, 2.24) is 0 Å². The van der Waals surface area contributed by atoms with Crippen LogP contribution < -0.4 is 4.74 Å². The van der Waals surface area contributed by atoms with Gasteiger partial charge in [0.1, 0.15) is 36.3 Å². The third-order valence-corrected chi connectivity index (χ3v) is 7.69. The van der Waals surface area contributed by atoms with Gasteiger partial charge in [0.2, 0.25) is 0 Å². The lowest BCUT2D eigenvalue weighted by atomic mass is 9.86. The molecule has 4 aromatic rings. The molecule has 0 amide bonds. The van der Waals surface area contributed by atoms with Crippen molar-refractivity contribution in [2.75, 3.05) is 13.7 Å². The van der Waals surface area contributed by atoms with Gasteiger partial charge in [-0.25, -0.2) is 0 Å². The Morgan fingerprint density at radius 1 is 0.683 bits per heavy atom. The van der Waals surface area contributed by atoms with Gasteiger partial charge in [-0.05, 0) is 39.9 Å². The highest BCUT2D eigenvalue weighted by atomic mass is 16.6. The average molecular weight is 553 g/mol. The molecular formula is C35H36O6. The minimum Gasteiger partial charge on any atom is -0.497 e. The average Bonchev–Trinajstić information content (AvgIpc) is 3.04. The molecule has 6 heteroatoms. The van der Waals surface area contributed by atoms with Crippen molar-refractivity contribution in [3.63, 3.8) is 0 Å². The van der Waals surface area contributed by atoms with Crippen LogP contribution in [0.3, 0.4) is 0 Å². The van der Waals surface area contributed by atoms with E-state index < -0.39 is 6.10 Å². The fourth-order valence-corrected chi connectivity index (χ4v) is 5.57. The first-order valence-corrected chi connectivity index (χ1v) is 14.1. The largest absolute Gasteiger partial charge is 0.497 e. The van der Waals surface area contributed by atoms with Gasteiger partial charge in [0.05, 0.1) is 40.1 Å². The summed E-state index contributed by atoms with van der Waals surface area (Å²) in [5, 5.41) is 0. The molecule has 4 aromatic carbocycles. The zero-order chi connectivity index (χ0) is 27.9. The van der Waals surface area contributed by atoms with Crippen molar-refractivity contribution in [3.8, 4) is 5.75 Å². The van der Waals surface area contributed by atoms with Crippen molar-refractivity contribution < 1.29 is 28.4 Å². The Morgan fingerprint density at radius 2 is 1.27 bits per heavy atom. The predicted molar refractivity (Wildman–Crippen MR) is 155 cm³/mol. The maximum absolute atomic E-state index is 6.82. The highest BCUT2D eigenvalue weighted by molar-refractivity contribution is 5.39. The number of hydrogen-bond acceptors (Lipinski definition) is 6. The zero-order valence-corrected chi connectivity index (χ0v) is 23.3. The molecule has 212 valence electrons. The van der Waals surface area contributed by atoms with Crippen molar-refractivity contribution in [2.45, 2.75) is 56.9 Å². The fraction of sp³-hybridized carbons (Fsp3) is 0.314. The van der Waals surface area contributed by atoms with Gasteiger partial charge < -0.3 is 28.4 Å². The lowest BCUT2D eigenvalue weighted by molar-refractivity contribution is -0.279. The van der Waals surface area contributed by atoms with E-state index in [9.17, 15) is 0 Å². The second-order valence-corrected chi connectivity index (χ2v) is 10.5. The van der Waals surface area contributed by atoms with Crippen LogP contribution in [0.25, 0.3) is 0 Å². The first-order valence-electron chi connectivity index (χ1n) is 14.1. The van der Waals surface area contributed by atoms with E-state index in [1.54, 1.807) is 7.11 Å². The highest BCUT2D eigenvalue weighted by Crippen LogP contribution is 2.43.